The van der Waals surface area contributed by atoms with Crippen LogP contribution in [0.5, 0.6) is 0 Å². The summed E-state index contributed by atoms with van der Waals surface area (Å²) >= 11 is 6.09. The van der Waals surface area contributed by atoms with Crippen LogP contribution in [0.2, 0.25) is 5.02 Å². The molecular formula is C27H40ClF2N5O. The number of benzene rings is 1. The maximum atomic E-state index is 13.8. The molecule has 9 heteroatoms. The molecule has 1 aromatic rings. The van der Waals surface area contributed by atoms with Gasteiger partial charge in [-0.1, -0.05) is 37.6 Å². The van der Waals surface area contributed by atoms with E-state index in [1.165, 1.54) is 0 Å². The van der Waals surface area contributed by atoms with Crippen LogP contribution in [0.3, 0.4) is 0 Å². The predicted molar refractivity (Wildman–Crippen MR) is 140 cm³/mol. The largest absolute Gasteiger partial charge is 0.356 e. The van der Waals surface area contributed by atoms with Gasteiger partial charge in [-0.05, 0) is 43.5 Å². The quantitative estimate of drug-likeness (QED) is 0.431. The summed E-state index contributed by atoms with van der Waals surface area (Å²) in [5, 5.41) is 13.1. The summed E-state index contributed by atoms with van der Waals surface area (Å²) in [6.45, 7) is 7.81. The highest BCUT2D eigenvalue weighted by Crippen LogP contribution is 2.44. The molecule has 2 heterocycles. The standard InChI is InChI=1S/C27H40ClF2N5O/c1-19-4-9-23(32-3)26(19,2)25(31)35-16-14-34(15-17-35)24(36)22(20-5-7-21(28)8-6-20)18-33-12-10-27(29,30)11-13-33/h5-8,19,22-23,31-32H,4,9-18H2,1-3H3. The molecule has 1 saturated carbocycles. The molecule has 1 aliphatic carbocycles. The maximum Gasteiger partial charge on any atom is 0.250 e. The van der Waals surface area contributed by atoms with E-state index in [1.54, 1.807) is 12.1 Å². The average Bonchev–Trinajstić information content (AvgIpc) is 3.17. The number of piperazine rings is 1. The van der Waals surface area contributed by atoms with Gasteiger partial charge in [0.1, 0.15) is 5.84 Å². The van der Waals surface area contributed by atoms with Gasteiger partial charge in [0.25, 0.3) is 5.92 Å². The monoisotopic (exact) mass is 523 g/mol. The van der Waals surface area contributed by atoms with Crippen molar-refractivity contribution in [2.45, 2.75) is 57.4 Å². The van der Waals surface area contributed by atoms with Crippen LogP contribution in [0.25, 0.3) is 0 Å². The third-order valence-electron chi connectivity index (χ3n) is 9.00. The molecule has 4 atom stereocenters. The number of rotatable bonds is 6. The zero-order valence-electron chi connectivity index (χ0n) is 21.7. The first-order chi connectivity index (χ1) is 17.0. The molecule has 36 heavy (non-hydrogen) atoms. The minimum absolute atomic E-state index is 0.0226. The smallest absolute Gasteiger partial charge is 0.250 e. The highest BCUT2D eigenvalue weighted by atomic mass is 35.5. The zero-order chi connectivity index (χ0) is 26.1. The lowest BCUT2D eigenvalue weighted by atomic mass is 9.76. The summed E-state index contributed by atoms with van der Waals surface area (Å²) in [5.74, 6) is -1.93. The highest BCUT2D eigenvalue weighted by molar-refractivity contribution is 6.30. The van der Waals surface area contributed by atoms with E-state index in [1.807, 2.05) is 29.0 Å². The summed E-state index contributed by atoms with van der Waals surface area (Å²) < 4.78 is 27.4. The number of nitrogens with one attached hydrogen (secondary N) is 2. The molecule has 0 spiro atoms. The van der Waals surface area contributed by atoms with E-state index in [-0.39, 0.29) is 30.2 Å². The number of halogens is 3. The number of hydrogen-bond acceptors (Lipinski definition) is 4. The van der Waals surface area contributed by atoms with Crippen molar-refractivity contribution in [3.05, 3.63) is 34.9 Å². The molecule has 4 unspecified atom stereocenters. The normalized spacial score (nSPS) is 29.8. The van der Waals surface area contributed by atoms with Crippen LogP contribution in [-0.4, -0.2) is 91.3 Å². The van der Waals surface area contributed by atoms with Gasteiger partial charge >= 0.3 is 0 Å². The maximum absolute atomic E-state index is 13.8. The molecular weight excluding hydrogens is 484 g/mol. The molecule has 0 bridgehead atoms. The summed E-state index contributed by atoms with van der Waals surface area (Å²) in [7, 11) is 1.98. The predicted octanol–water partition coefficient (Wildman–Crippen LogP) is 4.30. The summed E-state index contributed by atoms with van der Waals surface area (Å²) in [4.78, 5) is 19.8. The second kappa shape index (κ2) is 10.9. The van der Waals surface area contributed by atoms with E-state index in [2.05, 4.69) is 24.1 Å². The van der Waals surface area contributed by atoms with Gasteiger partial charge in [-0.25, -0.2) is 8.78 Å². The molecule has 1 amide bonds. The molecule has 6 nitrogen and oxygen atoms in total. The topological polar surface area (TPSA) is 62.7 Å². The summed E-state index contributed by atoms with van der Waals surface area (Å²) in [6.07, 6.45) is 1.84. The number of likely N-dealkylation sites (tertiary alicyclic amines) is 1. The first-order valence-corrected chi connectivity index (χ1v) is 13.6. The number of amides is 1. The molecule has 0 aromatic heterocycles. The fourth-order valence-electron chi connectivity index (χ4n) is 6.26. The third kappa shape index (κ3) is 5.55. The van der Waals surface area contributed by atoms with Crippen LogP contribution in [-0.2, 0) is 4.79 Å². The summed E-state index contributed by atoms with van der Waals surface area (Å²) in [6, 6.07) is 7.58. The number of carbonyl (C=O) groups excluding carboxylic acids is 1. The molecule has 2 saturated heterocycles. The van der Waals surface area contributed by atoms with Gasteiger partial charge in [0.2, 0.25) is 5.91 Å². The number of hydrogen-bond donors (Lipinski definition) is 2. The number of alkyl halides is 2. The van der Waals surface area contributed by atoms with Crippen molar-refractivity contribution in [3.63, 3.8) is 0 Å². The average molecular weight is 524 g/mol. The fourth-order valence-corrected chi connectivity index (χ4v) is 6.38. The van der Waals surface area contributed by atoms with Crippen LogP contribution in [0.4, 0.5) is 8.78 Å². The van der Waals surface area contributed by atoms with Gasteiger partial charge in [-0.15, -0.1) is 0 Å². The van der Waals surface area contributed by atoms with E-state index in [0.717, 1.165) is 18.4 Å². The summed E-state index contributed by atoms with van der Waals surface area (Å²) in [5.41, 5.74) is 0.643. The Balaban J connectivity index is 1.43. The number of piperidine rings is 1. The Labute approximate surface area is 218 Å². The van der Waals surface area contributed by atoms with Crippen LogP contribution >= 0.6 is 11.6 Å². The van der Waals surface area contributed by atoms with Crippen molar-refractivity contribution in [1.82, 2.24) is 20.0 Å². The van der Waals surface area contributed by atoms with E-state index >= 15 is 0 Å². The van der Waals surface area contributed by atoms with Gasteiger partial charge in [-0.3, -0.25) is 10.2 Å². The first kappa shape index (κ1) is 27.3. The highest BCUT2D eigenvalue weighted by Gasteiger charge is 2.49. The SMILES string of the molecule is CNC1CCC(C)C1(C)C(=N)N1CCN(C(=O)C(CN2CCC(F)(F)CC2)c2ccc(Cl)cc2)CC1. The van der Waals surface area contributed by atoms with Crippen LogP contribution in [0.15, 0.2) is 24.3 Å². The fraction of sp³-hybridized carbons (Fsp3) is 0.704. The van der Waals surface area contributed by atoms with E-state index in [0.29, 0.717) is 62.6 Å². The lowest BCUT2D eigenvalue weighted by Crippen LogP contribution is -2.58. The Hall–Kier alpha value is -1.77. The lowest BCUT2D eigenvalue weighted by molar-refractivity contribution is -0.135. The molecule has 200 valence electrons. The second-order valence-electron chi connectivity index (χ2n) is 11.0. The van der Waals surface area contributed by atoms with E-state index < -0.39 is 11.8 Å². The lowest BCUT2D eigenvalue weighted by Gasteiger charge is -2.45. The molecule has 2 aliphatic heterocycles. The second-order valence-corrected chi connectivity index (χ2v) is 11.5. The Morgan fingerprint density at radius 2 is 1.67 bits per heavy atom. The number of nitrogens with zero attached hydrogens (tertiary/aromatic N) is 3. The zero-order valence-corrected chi connectivity index (χ0v) is 22.5. The Morgan fingerprint density at radius 3 is 2.25 bits per heavy atom. The third-order valence-corrected chi connectivity index (χ3v) is 9.25. The molecule has 4 rings (SSSR count). The minimum atomic E-state index is -2.61. The van der Waals surface area contributed by atoms with Crippen molar-refractivity contribution >= 4 is 23.3 Å². The van der Waals surface area contributed by atoms with Gasteiger partial charge < -0.3 is 20.0 Å². The molecule has 2 N–H and O–H groups in total. The Morgan fingerprint density at radius 1 is 1.08 bits per heavy atom. The van der Waals surface area contributed by atoms with Crippen LogP contribution < -0.4 is 5.32 Å². The molecule has 0 radical (unpaired) electrons. The van der Waals surface area contributed by atoms with Gasteiger partial charge in [-0.2, -0.15) is 0 Å². The first-order valence-electron chi connectivity index (χ1n) is 13.2. The van der Waals surface area contributed by atoms with Crippen molar-refractivity contribution in [3.8, 4) is 0 Å². The molecule has 1 aromatic carbocycles. The minimum Gasteiger partial charge on any atom is -0.356 e. The Bertz CT molecular complexity index is 927. The van der Waals surface area contributed by atoms with Crippen LogP contribution in [0, 0.1) is 16.7 Å². The van der Waals surface area contributed by atoms with Crippen molar-refractivity contribution in [2.75, 3.05) is 52.9 Å². The molecule has 3 fully saturated rings. The van der Waals surface area contributed by atoms with E-state index in [9.17, 15) is 13.6 Å². The van der Waals surface area contributed by atoms with Gasteiger partial charge in [0.05, 0.1) is 5.92 Å². The van der Waals surface area contributed by atoms with Crippen molar-refractivity contribution < 1.29 is 13.6 Å². The van der Waals surface area contributed by atoms with Crippen molar-refractivity contribution in [2.24, 2.45) is 11.3 Å². The van der Waals surface area contributed by atoms with Crippen LogP contribution in [0.1, 0.15) is 51.0 Å². The molecule has 3 aliphatic rings. The van der Waals surface area contributed by atoms with Crippen molar-refractivity contribution in [1.29, 1.82) is 5.41 Å². The number of carbonyl (C=O) groups is 1. The number of amidine groups is 1. The Kier molecular flexibility index (Phi) is 8.27. The van der Waals surface area contributed by atoms with Gasteiger partial charge in [0, 0.05) is 75.1 Å². The van der Waals surface area contributed by atoms with Gasteiger partial charge in [0.15, 0.2) is 0 Å². The van der Waals surface area contributed by atoms with E-state index in [4.69, 9.17) is 17.0 Å².